The topological polar surface area (TPSA) is 138 Å². The van der Waals surface area contributed by atoms with Gasteiger partial charge >= 0.3 is 0 Å². The summed E-state index contributed by atoms with van der Waals surface area (Å²) in [5.74, 6) is -1.88. The zero-order valence-corrected chi connectivity index (χ0v) is 25.5. The fourth-order valence-electron chi connectivity index (χ4n) is 6.62. The number of hydrogen-bond donors (Lipinski definition) is 3. The molecule has 250 valence electrons. The van der Waals surface area contributed by atoms with E-state index >= 15 is 0 Å². The van der Waals surface area contributed by atoms with Gasteiger partial charge in [-0.2, -0.15) is 0 Å². The first kappa shape index (κ1) is 32.4. The fourth-order valence-corrected chi connectivity index (χ4v) is 6.62. The first-order chi connectivity index (χ1) is 22.6. The molecule has 2 saturated heterocycles. The number of carbonyl (C=O) groups excluding carboxylic acids is 3. The Morgan fingerprint density at radius 2 is 1.49 bits per heavy atom. The minimum Gasteiger partial charge on any atom is -0.394 e. The lowest BCUT2D eigenvalue weighted by molar-refractivity contribution is -0.138. The number of aliphatic hydroxyl groups excluding tert-OH is 1. The fraction of sp³-hybridized carbons (Fsp3) is 0.452. The molecule has 0 spiro atoms. The minimum absolute atomic E-state index is 0.0275. The Morgan fingerprint density at radius 1 is 0.936 bits per heavy atom. The van der Waals surface area contributed by atoms with E-state index in [4.69, 9.17) is 0 Å². The van der Waals surface area contributed by atoms with Gasteiger partial charge in [-0.1, -0.05) is 0 Å². The van der Waals surface area contributed by atoms with Gasteiger partial charge in [0.25, 0.3) is 0 Å². The Hall–Kier alpha value is -4.57. The summed E-state index contributed by atoms with van der Waals surface area (Å²) in [4.78, 5) is 49.4. The number of likely N-dealkylation sites (N-methyl/N-ethyl adjacent to an activating group) is 1. The number of nitrogens with zero attached hydrogens (tertiary/aromatic N) is 6. The molecule has 3 amide bonds. The number of halogens is 4. The molecule has 0 saturated carbocycles. The van der Waals surface area contributed by atoms with E-state index in [0.717, 1.165) is 0 Å². The van der Waals surface area contributed by atoms with Crippen LogP contribution in [-0.4, -0.2) is 116 Å². The molecular weight excluding hydrogens is 624 g/mol. The molecule has 12 nitrogen and oxygen atoms in total. The lowest BCUT2D eigenvalue weighted by atomic mass is 10.1. The van der Waals surface area contributed by atoms with E-state index in [2.05, 4.69) is 20.6 Å². The van der Waals surface area contributed by atoms with Gasteiger partial charge in [-0.15, -0.1) is 0 Å². The smallest absolute Gasteiger partial charge is 0.247 e. The molecule has 4 aromatic rings. The Labute approximate surface area is 266 Å². The number of fused-ring (bicyclic) bond motifs is 2. The first-order valence-electron chi connectivity index (χ1n) is 15.3. The van der Waals surface area contributed by atoms with Gasteiger partial charge < -0.3 is 34.7 Å². The zero-order valence-electron chi connectivity index (χ0n) is 25.5. The summed E-state index contributed by atoms with van der Waals surface area (Å²) < 4.78 is 61.5. The van der Waals surface area contributed by atoms with Gasteiger partial charge in [-0.05, 0) is 31.3 Å². The van der Waals surface area contributed by atoms with Crippen molar-refractivity contribution in [2.24, 2.45) is 0 Å². The average molecular weight is 659 g/mol. The Morgan fingerprint density at radius 3 is 2.04 bits per heavy atom. The molecule has 2 aromatic heterocycles. The molecule has 2 aromatic carbocycles. The second-order valence-electron chi connectivity index (χ2n) is 12.0. The number of rotatable bonds is 11. The van der Waals surface area contributed by atoms with Crippen LogP contribution >= 0.6 is 0 Å². The molecule has 0 radical (unpaired) electrons. The third-order valence-corrected chi connectivity index (χ3v) is 8.75. The largest absolute Gasteiger partial charge is 0.394 e. The van der Waals surface area contributed by atoms with Crippen molar-refractivity contribution in [2.45, 2.75) is 56.4 Å². The van der Waals surface area contributed by atoms with Gasteiger partial charge in [0, 0.05) is 38.1 Å². The van der Waals surface area contributed by atoms with Crippen molar-refractivity contribution in [3.63, 3.8) is 0 Å². The Balaban J connectivity index is 1.43. The summed E-state index contributed by atoms with van der Waals surface area (Å²) in [5, 5.41) is 15.0. The Bertz CT molecular complexity index is 1810. The van der Waals surface area contributed by atoms with Crippen LogP contribution in [0.1, 0.15) is 12.8 Å². The van der Waals surface area contributed by atoms with Crippen molar-refractivity contribution < 1.29 is 37.1 Å². The molecule has 16 heteroatoms. The number of amides is 3. The van der Waals surface area contributed by atoms with E-state index in [-0.39, 0.29) is 68.2 Å². The van der Waals surface area contributed by atoms with E-state index in [1.54, 1.807) is 16.2 Å². The molecule has 4 heterocycles. The zero-order chi connectivity index (χ0) is 33.4. The number of nitrogens with one attached hydrogen (secondary N) is 2. The van der Waals surface area contributed by atoms with Crippen LogP contribution < -0.4 is 10.6 Å². The molecule has 0 aliphatic carbocycles. The predicted octanol–water partition coefficient (Wildman–Crippen LogP) is 1.54. The van der Waals surface area contributed by atoms with Crippen LogP contribution in [0.4, 0.5) is 17.6 Å². The highest BCUT2D eigenvalue weighted by molar-refractivity contribution is 5.89. The number of aromatic nitrogens is 4. The van der Waals surface area contributed by atoms with Gasteiger partial charge in [0.15, 0.2) is 11.6 Å². The average Bonchev–Trinajstić information content (AvgIpc) is 3.78. The molecule has 5 unspecified atom stereocenters. The molecule has 6 rings (SSSR count). The molecule has 5 atom stereocenters. The van der Waals surface area contributed by atoms with Gasteiger partial charge in [0.2, 0.25) is 18.2 Å². The van der Waals surface area contributed by atoms with Crippen LogP contribution in [0, 0.1) is 11.6 Å². The van der Waals surface area contributed by atoms with Crippen molar-refractivity contribution >= 4 is 40.3 Å². The van der Waals surface area contributed by atoms with Crippen LogP contribution in [0.25, 0.3) is 33.7 Å². The monoisotopic (exact) mass is 658 g/mol. The van der Waals surface area contributed by atoms with Crippen LogP contribution in [0.3, 0.4) is 0 Å². The highest BCUT2D eigenvalue weighted by atomic mass is 19.1. The van der Waals surface area contributed by atoms with Crippen molar-refractivity contribution in [2.75, 3.05) is 33.3 Å². The second kappa shape index (κ2) is 13.3. The molecule has 2 aliphatic rings. The molecule has 3 N–H and O–H groups in total. The van der Waals surface area contributed by atoms with E-state index in [0.29, 0.717) is 17.4 Å². The van der Waals surface area contributed by atoms with Gasteiger partial charge in [-0.25, -0.2) is 27.5 Å². The lowest BCUT2D eigenvalue weighted by Crippen LogP contribution is -2.53. The number of likely N-dealkylation sites (tertiary alicyclic amines) is 2. The molecule has 47 heavy (non-hydrogen) atoms. The number of hydrogen-bond acceptors (Lipinski definition) is 7. The lowest BCUT2D eigenvalue weighted by Gasteiger charge is -2.29. The highest BCUT2D eigenvalue weighted by Gasteiger charge is 2.40. The first-order valence-corrected chi connectivity index (χ1v) is 15.3. The summed E-state index contributed by atoms with van der Waals surface area (Å²) in [6.45, 7) is -1.07. The van der Waals surface area contributed by atoms with Gasteiger partial charge in [0.1, 0.15) is 30.0 Å². The molecule has 2 fully saturated rings. The van der Waals surface area contributed by atoms with Crippen LogP contribution in [-0.2, 0) is 27.5 Å². The van der Waals surface area contributed by atoms with E-state index in [1.165, 1.54) is 46.2 Å². The maximum atomic E-state index is 15.0. The number of alkyl halides is 2. The number of benzene rings is 2. The summed E-state index contributed by atoms with van der Waals surface area (Å²) in [7, 11) is 1.55. The number of imidazole rings is 2. The summed E-state index contributed by atoms with van der Waals surface area (Å²) in [5.41, 5.74) is 1.44. The third-order valence-electron chi connectivity index (χ3n) is 8.75. The summed E-state index contributed by atoms with van der Waals surface area (Å²) in [6, 6.07) is 5.34. The van der Waals surface area contributed by atoms with Crippen molar-refractivity contribution in [3.05, 3.63) is 48.0 Å². The molecule has 0 bridgehead atoms. The molecule has 2 aliphatic heterocycles. The van der Waals surface area contributed by atoms with Crippen molar-refractivity contribution in [1.29, 1.82) is 0 Å². The van der Waals surface area contributed by atoms with E-state index in [1.807, 2.05) is 0 Å². The van der Waals surface area contributed by atoms with E-state index < -0.39 is 60.5 Å². The van der Waals surface area contributed by atoms with Crippen LogP contribution in [0.2, 0.25) is 0 Å². The van der Waals surface area contributed by atoms with Gasteiger partial charge in [-0.3, -0.25) is 14.4 Å². The van der Waals surface area contributed by atoms with Crippen molar-refractivity contribution in [1.82, 2.24) is 39.5 Å². The Kier molecular flexibility index (Phi) is 9.14. The quantitative estimate of drug-likeness (QED) is 0.164. The van der Waals surface area contributed by atoms with Gasteiger partial charge in [0.05, 0.1) is 60.4 Å². The minimum atomic E-state index is -1.40. The molecular formula is C31H34F4N8O4. The van der Waals surface area contributed by atoms with Crippen molar-refractivity contribution in [3.8, 4) is 11.6 Å². The number of aliphatic hydroxyl groups is 1. The number of carbonyl (C=O) groups is 3. The maximum absolute atomic E-state index is 15.0. The standard InChI is InChI=1S/C31H34F4N8O4/c1-36-10-28(46)37-25(15-44)31(47)41-12-20(35)7-22(41)14-43-27-5-3-18(33)9-24(27)39-30(43)29-38-23-8-17(32)2-4-26(23)42(29)13-21-6-19(34)11-40(21)16-45/h2-5,8-9,16,19-22,25,36,44H,6-7,10-15H2,1H3,(H,37,46). The van der Waals surface area contributed by atoms with Crippen LogP contribution in [0.5, 0.6) is 0 Å². The second-order valence-corrected chi connectivity index (χ2v) is 12.0. The third kappa shape index (κ3) is 6.39. The predicted molar refractivity (Wildman–Crippen MR) is 162 cm³/mol. The normalized spacial score (nSPS) is 22.0. The van der Waals surface area contributed by atoms with E-state index in [9.17, 15) is 37.1 Å². The summed E-state index contributed by atoms with van der Waals surface area (Å²) >= 11 is 0. The highest BCUT2D eigenvalue weighted by Crippen LogP contribution is 2.33. The maximum Gasteiger partial charge on any atom is 0.247 e. The summed E-state index contributed by atoms with van der Waals surface area (Å²) in [6.07, 6.45) is -2.02. The van der Waals surface area contributed by atoms with Crippen LogP contribution in [0.15, 0.2) is 36.4 Å². The SMILES string of the molecule is CNCC(=O)NC(CO)C(=O)N1CC(F)CC1Cn1c(-c2nc3cc(F)ccc3n2CC2CC(F)CN2C=O)nc2cc(F)ccc21.